The minimum atomic E-state index is 0.181. The van der Waals surface area contributed by atoms with Gasteiger partial charge in [-0.2, -0.15) is 0 Å². The van der Waals surface area contributed by atoms with Crippen LogP contribution in [0.4, 0.5) is 0 Å². The summed E-state index contributed by atoms with van der Waals surface area (Å²) in [5.74, 6) is 0.181. The van der Waals surface area contributed by atoms with Crippen LogP contribution in [-0.4, -0.2) is 5.91 Å². The van der Waals surface area contributed by atoms with Crippen LogP contribution in [-0.2, 0) is 4.79 Å². The minimum absolute atomic E-state index is 0.181. The molecule has 1 aliphatic carbocycles. The third-order valence-electron chi connectivity index (χ3n) is 3.23. The summed E-state index contributed by atoms with van der Waals surface area (Å²) < 4.78 is 2.81. The monoisotopic (exact) mass is 339 g/mol. The van der Waals surface area contributed by atoms with Gasteiger partial charge in [-0.15, -0.1) is 6.58 Å². The largest absolute Gasteiger partial charge is 0.291 e. The Morgan fingerprint density at radius 3 is 2.73 bits per heavy atom. The first-order chi connectivity index (χ1) is 7.22. The smallest absolute Gasteiger partial charge is 0.230 e. The van der Waals surface area contributed by atoms with E-state index in [0.717, 1.165) is 12.8 Å². The second-order valence-electron chi connectivity index (χ2n) is 4.31. The SMILES string of the molecule is C=CCCC1(CC(=O)NSI)CCCC1. The quantitative estimate of drug-likeness (QED) is 0.450. The van der Waals surface area contributed by atoms with Crippen molar-refractivity contribution in [2.45, 2.75) is 44.9 Å². The number of halogens is 1. The van der Waals surface area contributed by atoms with Crippen molar-refractivity contribution in [3.05, 3.63) is 12.7 Å². The fourth-order valence-electron chi connectivity index (χ4n) is 2.47. The van der Waals surface area contributed by atoms with Gasteiger partial charge in [-0.3, -0.25) is 9.52 Å². The van der Waals surface area contributed by atoms with E-state index in [9.17, 15) is 4.79 Å². The Bertz CT molecular complexity index is 227. The third kappa shape index (κ3) is 4.34. The van der Waals surface area contributed by atoms with Gasteiger partial charge in [-0.25, -0.2) is 0 Å². The van der Waals surface area contributed by atoms with Crippen molar-refractivity contribution >= 4 is 36.2 Å². The number of carbonyl (C=O) groups is 1. The first kappa shape index (κ1) is 13.4. The van der Waals surface area contributed by atoms with E-state index in [1.165, 1.54) is 34.8 Å². The van der Waals surface area contributed by atoms with E-state index in [2.05, 4.69) is 32.5 Å². The Morgan fingerprint density at radius 2 is 2.20 bits per heavy atom. The average Bonchev–Trinajstić information content (AvgIpc) is 2.64. The summed E-state index contributed by atoms with van der Waals surface area (Å²) in [5.41, 5.74) is 0.268. The summed E-state index contributed by atoms with van der Waals surface area (Å²) in [7, 11) is 1.37. The highest BCUT2D eigenvalue weighted by Crippen LogP contribution is 2.45. The molecule has 0 heterocycles. The molecule has 0 aromatic rings. The molecular weight excluding hydrogens is 321 g/mol. The zero-order valence-electron chi connectivity index (χ0n) is 8.93. The van der Waals surface area contributed by atoms with Crippen molar-refractivity contribution in [2.75, 3.05) is 0 Å². The first-order valence-electron chi connectivity index (χ1n) is 5.40. The van der Waals surface area contributed by atoms with Crippen molar-refractivity contribution in [3.63, 3.8) is 0 Å². The predicted octanol–water partition coefficient (Wildman–Crippen LogP) is 4.02. The van der Waals surface area contributed by atoms with Crippen LogP contribution in [0.25, 0.3) is 0 Å². The van der Waals surface area contributed by atoms with E-state index in [0.29, 0.717) is 6.42 Å². The molecule has 1 saturated carbocycles. The van der Waals surface area contributed by atoms with Gasteiger partial charge >= 0.3 is 0 Å². The highest BCUT2D eigenvalue weighted by molar-refractivity contribution is 14.2. The van der Waals surface area contributed by atoms with E-state index >= 15 is 0 Å². The molecule has 0 radical (unpaired) electrons. The van der Waals surface area contributed by atoms with Crippen molar-refractivity contribution in [3.8, 4) is 0 Å². The molecule has 0 aliphatic heterocycles. The maximum absolute atomic E-state index is 11.6. The zero-order chi connectivity index (χ0) is 11.1. The van der Waals surface area contributed by atoms with Crippen LogP contribution in [0.2, 0.25) is 0 Å². The van der Waals surface area contributed by atoms with Gasteiger partial charge < -0.3 is 0 Å². The summed E-state index contributed by atoms with van der Waals surface area (Å²) >= 11 is 2.09. The molecule has 0 unspecified atom stereocenters. The van der Waals surface area contributed by atoms with Gasteiger partial charge in [-0.05, 0) is 31.1 Å². The average molecular weight is 339 g/mol. The normalized spacial score (nSPS) is 18.7. The highest BCUT2D eigenvalue weighted by Gasteiger charge is 2.34. The van der Waals surface area contributed by atoms with E-state index in [4.69, 9.17) is 0 Å². The van der Waals surface area contributed by atoms with Gasteiger partial charge in [0.15, 0.2) is 0 Å². The molecule has 1 aliphatic rings. The molecule has 1 fully saturated rings. The summed E-state index contributed by atoms with van der Waals surface area (Å²) in [4.78, 5) is 11.6. The van der Waals surface area contributed by atoms with Crippen LogP contribution in [0.5, 0.6) is 0 Å². The Labute approximate surface area is 108 Å². The number of carbonyl (C=O) groups excluding carboxylic acids is 1. The van der Waals surface area contributed by atoms with Crippen molar-refractivity contribution in [1.82, 2.24) is 4.72 Å². The zero-order valence-corrected chi connectivity index (χ0v) is 11.9. The summed E-state index contributed by atoms with van der Waals surface area (Å²) in [6.07, 6.45) is 9.78. The molecule has 2 nitrogen and oxygen atoms in total. The second kappa shape index (κ2) is 6.78. The molecule has 0 saturated heterocycles. The fraction of sp³-hybridized carbons (Fsp3) is 0.727. The lowest BCUT2D eigenvalue weighted by Crippen LogP contribution is -2.26. The van der Waals surface area contributed by atoms with Gasteiger partial charge in [-0.1, -0.05) is 18.9 Å². The van der Waals surface area contributed by atoms with Crippen LogP contribution in [0.15, 0.2) is 12.7 Å². The van der Waals surface area contributed by atoms with E-state index in [1.54, 1.807) is 0 Å². The lowest BCUT2D eigenvalue weighted by atomic mass is 9.78. The number of hydrogen-bond donors (Lipinski definition) is 1. The summed E-state index contributed by atoms with van der Waals surface area (Å²) in [5, 5.41) is 0. The van der Waals surface area contributed by atoms with Crippen LogP contribution in [0.1, 0.15) is 44.9 Å². The molecule has 0 spiro atoms. The Morgan fingerprint density at radius 1 is 1.53 bits per heavy atom. The predicted molar refractivity (Wildman–Crippen MR) is 74.7 cm³/mol. The molecule has 86 valence electrons. The second-order valence-corrected chi connectivity index (χ2v) is 5.99. The Balaban J connectivity index is 2.48. The third-order valence-corrected chi connectivity index (χ3v) is 4.20. The molecule has 1 rings (SSSR count). The first-order valence-corrected chi connectivity index (χ1v) is 8.76. The van der Waals surface area contributed by atoms with E-state index < -0.39 is 0 Å². The van der Waals surface area contributed by atoms with Crippen LogP contribution in [0.3, 0.4) is 0 Å². The maximum atomic E-state index is 11.6. The summed E-state index contributed by atoms with van der Waals surface area (Å²) in [6.45, 7) is 3.76. The van der Waals surface area contributed by atoms with E-state index in [-0.39, 0.29) is 11.3 Å². The van der Waals surface area contributed by atoms with Gasteiger partial charge in [0.1, 0.15) is 0 Å². The maximum Gasteiger partial charge on any atom is 0.230 e. The topological polar surface area (TPSA) is 29.1 Å². The molecule has 0 atom stereocenters. The molecule has 1 N–H and O–H groups in total. The van der Waals surface area contributed by atoms with Gasteiger partial charge in [0.25, 0.3) is 0 Å². The molecule has 4 heteroatoms. The molecule has 0 bridgehead atoms. The number of allylic oxidation sites excluding steroid dienone is 1. The number of amides is 1. The highest BCUT2D eigenvalue weighted by atomic mass is 127. The van der Waals surface area contributed by atoms with Gasteiger partial charge in [0.2, 0.25) is 5.91 Å². The lowest BCUT2D eigenvalue weighted by Gasteiger charge is -2.27. The summed E-state index contributed by atoms with van der Waals surface area (Å²) in [6, 6.07) is 0. The van der Waals surface area contributed by atoms with Crippen LogP contribution >= 0.6 is 30.3 Å². The molecule has 0 aromatic carbocycles. The number of rotatable bonds is 6. The van der Waals surface area contributed by atoms with Gasteiger partial charge in [0, 0.05) is 36.7 Å². The minimum Gasteiger partial charge on any atom is -0.291 e. The number of hydrogen-bond acceptors (Lipinski definition) is 2. The van der Waals surface area contributed by atoms with Crippen LogP contribution in [0, 0.1) is 5.41 Å². The molecular formula is C11H18INOS. The Kier molecular flexibility index (Phi) is 6.04. The lowest BCUT2D eigenvalue weighted by molar-refractivity contribution is -0.121. The van der Waals surface area contributed by atoms with Crippen molar-refractivity contribution < 1.29 is 4.79 Å². The fourth-order valence-corrected chi connectivity index (χ4v) is 3.36. The number of nitrogens with one attached hydrogen (secondary N) is 1. The van der Waals surface area contributed by atoms with E-state index in [1.807, 2.05) is 6.08 Å². The molecule has 15 heavy (non-hydrogen) atoms. The van der Waals surface area contributed by atoms with Gasteiger partial charge in [0.05, 0.1) is 0 Å². The van der Waals surface area contributed by atoms with Crippen molar-refractivity contribution in [1.29, 1.82) is 0 Å². The molecule has 0 aromatic heterocycles. The molecule has 1 amide bonds. The standard InChI is InChI=1S/C11H18INOS/c1-2-3-6-11(7-4-5-8-11)9-10(14)13-15-12/h2H,1,3-9H2,(H,13,14). The Hall–Kier alpha value is 0.290. The van der Waals surface area contributed by atoms with Crippen molar-refractivity contribution in [2.24, 2.45) is 5.41 Å². The van der Waals surface area contributed by atoms with Crippen LogP contribution < -0.4 is 4.72 Å².